The van der Waals surface area contributed by atoms with Crippen LogP contribution in [0, 0.1) is 6.92 Å². The number of thiophene rings is 1. The molecular weight excluding hydrogens is 298 g/mol. The molecule has 1 atom stereocenters. The van der Waals surface area contributed by atoms with Gasteiger partial charge in [0.05, 0.1) is 0 Å². The molecule has 1 amide bonds. The fourth-order valence-electron chi connectivity index (χ4n) is 1.94. The van der Waals surface area contributed by atoms with E-state index in [1.807, 2.05) is 0 Å². The fraction of sp³-hybridized carbons (Fsp3) is 0.545. The van der Waals surface area contributed by atoms with Crippen molar-refractivity contribution in [2.75, 3.05) is 13.1 Å². The number of nitrogens with zero attached hydrogens (tertiary/aromatic N) is 1. The van der Waals surface area contributed by atoms with Gasteiger partial charge < -0.3 is 15.4 Å². The molecular formula is C11H15ClF2N2O2S. The maximum atomic E-state index is 12.2. The highest BCUT2D eigenvalue weighted by Crippen LogP contribution is 2.32. The van der Waals surface area contributed by atoms with Gasteiger partial charge in [0, 0.05) is 24.0 Å². The van der Waals surface area contributed by atoms with Crippen molar-refractivity contribution < 1.29 is 18.3 Å². The SMILES string of the molecule is Cc1cc(OC(F)F)c(C(=O)N2CC[C@@H](N)C2)s1.Cl. The van der Waals surface area contributed by atoms with Crippen LogP contribution >= 0.6 is 23.7 Å². The van der Waals surface area contributed by atoms with Gasteiger partial charge >= 0.3 is 6.61 Å². The second-order valence-electron chi connectivity index (χ2n) is 4.23. The number of nitrogens with two attached hydrogens (primary N) is 1. The number of hydrogen-bond donors (Lipinski definition) is 1. The Morgan fingerprint density at radius 3 is 2.84 bits per heavy atom. The second kappa shape index (κ2) is 6.49. The average molecular weight is 313 g/mol. The molecule has 0 saturated carbocycles. The third kappa shape index (κ3) is 3.77. The van der Waals surface area contributed by atoms with Gasteiger partial charge in [-0.25, -0.2) is 0 Å². The van der Waals surface area contributed by atoms with Crippen LogP contribution in [-0.4, -0.2) is 36.5 Å². The van der Waals surface area contributed by atoms with Crippen molar-refractivity contribution in [3.63, 3.8) is 0 Å². The summed E-state index contributed by atoms with van der Waals surface area (Å²) >= 11 is 1.16. The lowest BCUT2D eigenvalue weighted by molar-refractivity contribution is -0.0499. The summed E-state index contributed by atoms with van der Waals surface area (Å²) < 4.78 is 28.9. The van der Waals surface area contributed by atoms with Gasteiger partial charge in [-0.15, -0.1) is 23.7 Å². The van der Waals surface area contributed by atoms with E-state index >= 15 is 0 Å². The van der Waals surface area contributed by atoms with Crippen molar-refractivity contribution in [1.82, 2.24) is 4.90 Å². The van der Waals surface area contributed by atoms with Crippen LogP contribution in [0.5, 0.6) is 5.75 Å². The highest BCUT2D eigenvalue weighted by Gasteiger charge is 2.28. The van der Waals surface area contributed by atoms with Gasteiger partial charge in [0.15, 0.2) is 0 Å². The van der Waals surface area contributed by atoms with E-state index < -0.39 is 6.61 Å². The number of halogens is 3. The van der Waals surface area contributed by atoms with Crippen molar-refractivity contribution in [2.24, 2.45) is 5.73 Å². The molecule has 2 N–H and O–H groups in total. The summed E-state index contributed by atoms with van der Waals surface area (Å²) in [6.45, 7) is -0.156. The van der Waals surface area contributed by atoms with Gasteiger partial charge in [0.1, 0.15) is 10.6 Å². The van der Waals surface area contributed by atoms with Crippen molar-refractivity contribution in [3.8, 4) is 5.75 Å². The third-order valence-electron chi connectivity index (χ3n) is 2.74. The minimum Gasteiger partial charge on any atom is -0.433 e. The number of carbonyl (C=O) groups is 1. The van der Waals surface area contributed by atoms with E-state index in [1.54, 1.807) is 11.8 Å². The molecule has 108 valence electrons. The Morgan fingerprint density at radius 2 is 2.32 bits per heavy atom. The van der Waals surface area contributed by atoms with E-state index in [4.69, 9.17) is 5.73 Å². The first kappa shape index (κ1) is 16.1. The van der Waals surface area contributed by atoms with Crippen LogP contribution in [0.25, 0.3) is 0 Å². The molecule has 2 heterocycles. The number of amides is 1. The number of rotatable bonds is 3. The number of carbonyl (C=O) groups excluding carboxylic acids is 1. The lowest BCUT2D eigenvalue weighted by Crippen LogP contribution is -2.31. The second-order valence-corrected chi connectivity index (χ2v) is 5.49. The van der Waals surface area contributed by atoms with E-state index in [1.165, 1.54) is 6.07 Å². The van der Waals surface area contributed by atoms with Gasteiger partial charge in [0.2, 0.25) is 0 Å². The van der Waals surface area contributed by atoms with Gasteiger partial charge in [-0.05, 0) is 19.4 Å². The van der Waals surface area contributed by atoms with Crippen molar-refractivity contribution in [3.05, 3.63) is 15.8 Å². The first-order valence-electron chi connectivity index (χ1n) is 5.57. The predicted octanol–water partition coefficient (Wildman–Crippen LogP) is 2.25. The zero-order valence-electron chi connectivity index (χ0n) is 10.3. The molecule has 0 aliphatic carbocycles. The minimum absolute atomic E-state index is 0. The molecule has 1 saturated heterocycles. The zero-order chi connectivity index (χ0) is 13.3. The first-order valence-corrected chi connectivity index (χ1v) is 6.39. The summed E-state index contributed by atoms with van der Waals surface area (Å²) in [5, 5.41) is 0. The zero-order valence-corrected chi connectivity index (χ0v) is 11.9. The molecule has 1 aliphatic rings. The van der Waals surface area contributed by atoms with Crippen molar-refractivity contribution >= 4 is 29.7 Å². The standard InChI is InChI=1S/C11H14F2N2O2S.ClH/c1-6-4-8(17-11(12)13)9(18-6)10(16)15-3-2-7(14)5-15;/h4,7,11H,2-3,5,14H2,1H3;1H/t7-;/m1./s1. The highest BCUT2D eigenvalue weighted by atomic mass is 35.5. The molecule has 2 rings (SSSR count). The largest absolute Gasteiger partial charge is 0.433 e. The molecule has 4 nitrogen and oxygen atoms in total. The normalized spacial score (nSPS) is 18.6. The molecule has 0 bridgehead atoms. The quantitative estimate of drug-likeness (QED) is 0.931. The van der Waals surface area contributed by atoms with E-state index in [-0.39, 0.29) is 35.0 Å². The Balaban J connectivity index is 0.00000180. The molecule has 1 aliphatic heterocycles. The van der Waals surface area contributed by atoms with Crippen LogP contribution in [0.4, 0.5) is 8.78 Å². The summed E-state index contributed by atoms with van der Waals surface area (Å²) in [5.74, 6) is -0.324. The molecule has 1 aromatic heterocycles. The van der Waals surface area contributed by atoms with Crippen LogP contribution in [0.15, 0.2) is 6.07 Å². The van der Waals surface area contributed by atoms with Crippen molar-refractivity contribution in [2.45, 2.75) is 26.0 Å². The molecule has 0 aromatic carbocycles. The minimum atomic E-state index is -2.92. The summed E-state index contributed by atoms with van der Waals surface area (Å²) in [7, 11) is 0. The Kier molecular flexibility index (Phi) is 5.51. The van der Waals surface area contributed by atoms with Crippen molar-refractivity contribution in [1.29, 1.82) is 0 Å². The Hall–Kier alpha value is -0.920. The number of likely N-dealkylation sites (tertiary alicyclic amines) is 1. The van der Waals surface area contributed by atoms with Gasteiger partial charge in [-0.1, -0.05) is 0 Å². The Bertz CT molecular complexity index is 456. The van der Waals surface area contributed by atoms with Crippen LogP contribution in [0.2, 0.25) is 0 Å². The number of aryl methyl sites for hydroxylation is 1. The molecule has 0 radical (unpaired) electrons. The van der Waals surface area contributed by atoms with Gasteiger partial charge in [-0.2, -0.15) is 8.78 Å². The topological polar surface area (TPSA) is 55.6 Å². The van der Waals surface area contributed by atoms with E-state index in [9.17, 15) is 13.6 Å². The summed E-state index contributed by atoms with van der Waals surface area (Å²) in [5.41, 5.74) is 5.72. The highest BCUT2D eigenvalue weighted by molar-refractivity contribution is 7.14. The molecule has 8 heteroatoms. The average Bonchev–Trinajstić information content (AvgIpc) is 2.83. The van der Waals surface area contributed by atoms with Gasteiger partial charge in [-0.3, -0.25) is 4.79 Å². The third-order valence-corrected chi connectivity index (χ3v) is 3.76. The first-order chi connectivity index (χ1) is 8.47. The number of ether oxygens (including phenoxy) is 1. The summed E-state index contributed by atoms with van der Waals surface area (Å²) in [6.07, 6.45) is 0.737. The lowest BCUT2D eigenvalue weighted by Gasteiger charge is -2.15. The molecule has 0 unspecified atom stereocenters. The molecule has 1 fully saturated rings. The smallest absolute Gasteiger partial charge is 0.387 e. The lowest BCUT2D eigenvalue weighted by atomic mass is 10.3. The van der Waals surface area contributed by atoms with Crippen LogP contribution < -0.4 is 10.5 Å². The van der Waals surface area contributed by atoms with E-state index in [2.05, 4.69) is 4.74 Å². The summed E-state index contributed by atoms with van der Waals surface area (Å²) in [6, 6.07) is 1.43. The maximum Gasteiger partial charge on any atom is 0.387 e. The van der Waals surface area contributed by atoms with Crippen LogP contribution in [-0.2, 0) is 0 Å². The van der Waals surface area contributed by atoms with Gasteiger partial charge in [0.25, 0.3) is 5.91 Å². The molecule has 1 aromatic rings. The monoisotopic (exact) mass is 312 g/mol. The maximum absolute atomic E-state index is 12.2. The Morgan fingerprint density at radius 1 is 1.63 bits per heavy atom. The summed E-state index contributed by atoms with van der Waals surface area (Å²) in [4.78, 5) is 14.7. The fourth-order valence-corrected chi connectivity index (χ4v) is 2.85. The predicted molar refractivity (Wildman–Crippen MR) is 71.4 cm³/mol. The molecule has 19 heavy (non-hydrogen) atoms. The number of alkyl halides is 2. The Labute approximate surface area is 119 Å². The van der Waals surface area contributed by atoms with Crippen LogP contribution in [0.1, 0.15) is 21.0 Å². The van der Waals surface area contributed by atoms with E-state index in [0.717, 1.165) is 22.6 Å². The molecule has 0 spiro atoms. The van der Waals surface area contributed by atoms with E-state index in [0.29, 0.717) is 13.1 Å². The van der Waals surface area contributed by atoms with Crippen LogP contribution in [0.3, 0.4) is 0 Å². The number of hydrogen-bond acceptors (Lipinski definition) is 4.